The number of carbonyl (C=O) groups is 1. The summed E-state index contributed by atoms with van der Waals surface area (Å²) < 4.78 is 0. The molecular weight excluding hydrogens is 296 g/mol. The lowest BCUT2D eigenvalue weighted by Gasteiger charge is -2.17. The third kappa shape index (κ3) is 5.09. The van der Waals surface area contributed by atoms with E-state index in [1.165, 1.54) is 0 Å². The lowest BCUT2D eigenvalue weighted by molar-refractivity contribution is 0.224. The Morgan fingerprint density at radius 3 is 2.41 bits per heavy atom. The molecule has 0 saturated carbocycles. The first-order valence-electron chi connectivity index (χ1n) is 7.07. The molecule has 0 aliphatic rings. The van der Waals surface area contributed by atoms with Crippen LogP contribution in [0, 0.1) is 0 Å². The number of urea groups is 1. The van der Waals surface area contributed by atoms with Gasteiger partial charge in [0.2, 0.25) is 0 Å². The number of aliphatic hydroxyl groups is 1. The van der Waals surface area contributed by atoms with Crippen molar-refractivity contribution in [3.8, 4) is 0 Å². The van der Waals surface area contributed by atoms with Crippen molar-refractivity contribution in [2.45, 2.75) is 17.4 Å². The highest BCUT2D eigenvalue weighted by molar-refractivity contribution is 7.98. The van der Waals surface area contributed by atoms with Gasteiger partial charge in [0.05, 0.1) is 12.6 Å². The second-order valence-corrected chi connectivity index (χ2v) is 5.78. The fraction of sp³-hybridized carbons (Fsp3) is 0.235. The van der Waals surface area contributed by atoms with E-state index in [1.807, 2.05) is 60.9 Å². The van der Waals surface area contributed by atoms with E-state index < -0.39 is 0 Å². The predicted octanol–water partition coefficient (Wildman–Crippen LogP) is 3.13. The first-order valence-corrected chi connectivity index (χ1v) is 8.30. The third-order valence-corrected chi connectivity index (χ3v) is 3.97. The van der Waals surface area contributed by atoms with E-state index in [0.29, 0.717) is 6.42 Å². The number of thioether (sulfide) groups is 1. The average Bonchev–Trinajstić information content (AvgIpc) is 2.56. The molecule has 2 aromatic rings. The van der Waals surface area contributed by atoms with Crippen LogP contribution in [0.2, 0.25) is 0 Å². The summed E-state index contributed by atoms with van der Waals surface area (Å²) in [6, 6.07) is 16.8. The highest BCUT2D eigenvalue weighted by Gasteiger charge is 2.12. The van der Waals surface area contributed by atoms with Crippen LogP contribution in [0.1, 0.15) is 5.56 Å². The van der Waals surface area contributed by atoms with Crippen LogP contribution < -0.4 is 10.6 Å². The number of rotatable bonds is 6. The van der Waals surface area contributed by atoms with Crippen molar-refractivity contribution < 1.29 is 9.90 Å². The number of hydrogen-bond donors (Lipinski definition) is 3. The Hall–Kier alpha value is -1.98. The van der Waals surface area contributed by atoms with Gasteiger partial charge < -0.3 is 15.7 Å². The molecule has 22 heavy (non-hydrogen) atoms. The van der Waals surface area contributed by atoms with Gasteiger partial charge in [-0.2, -0.15) is 0 Å². The number of aliphatic hydroxyl groups excluding tert-OH is 1. The number of anilines is 1. The van der Waals surface area contributed by atoms with Crippen molar-refractivity contribution in [2.24, 2.45) is 0 Å². The Morgan fingerprint density at radius 2 is 1.82 bits per heavy atom. The van der Waals surface area contributed by atoms with Crippen LogP contribution in [-0.4, -0.2) is 30.0 Å². The molecule has 2 rings (SSSR count). The van der Waals surface area contributed by atoms with Gasteiger partial charge in [-0.15, -0.1) is 11.8 Å². The zero-order chi connectivity index (χ0) is 15.8. The summed E-state index contributed by atoms with van der Waals surface area (Å²) in [5.74, 6) is 0. The van der Waals surface area contributed by atoms with Crippen LogP contribution in [0.5, 0.6) is 0 Å². The zero-order valence-corrected chi connectivity index (χ0v) is 13.3. The van der Waals surface area contributed by atoms with Gasteiger partial charge in [0.1, 0.15) is 0 Å². The summed E-state index contributed by atoms with van der Waals surface area (Å²) in [7, 11) is 0. The van der Waals surface area contributed by atoms with E-state index in [4.69, 9.17) is 0 Å². The second kappa shape index (κ2) is 8.46. The predicted molar refractivity (Wildman–Crippen MR) is 91.4 cm³/mol. The van der Waals surface area contributed by atoms with Gasteiger partial charge in [-0.1, -0.05) is 30.3 Å². The molecule has 1 atom stereocenters. The smallest absolute Gasteiger partial charge is 0.319 e. The maximum atomic E-state index is 12.0. The molecule has 0 spiro atoms. The maximum Gasteiger partial charge on any atom is 0.319 e. The average molecular weight is 316 g/mol. The number of carbonyl (C=O) groups excluding carboxylic acids is 1. The van der Waals surface area contributed by atoms with E-state index in [-0.39, 0.29) is 18.7 Å². The minimum atomic E-state index is -0.313. The minimum Gasteiger partial charge on any atom is -0.394 e. The van der Waals surface area contributed by atoms with Crippen molar-refractivity contribution in [2.75, 3.05) is 18.2 Å². The van der Waals surface area contributed by atoms with Gasteiger partial charge in [-0.3, -0.25) is 0 Å². The second-order valence-electron chi connectivity index (χ2n) is 4.90. The molecule has 0 aliphatic heterocycles. The van der Waals surface area contributed by atoms with Gasteiger partial charge in [0.15, 0.2) is 0 Å². The van der Waals surface area contributed by atoms with Crippen molar-refractivity contribution in [1.82, 2.24) is 5.32 Å². The van der Waals surface area contributed by atoms with Crippen molar-refractivity contribution in [3.63, 3.8) is 0 Å². The normalized spacial score (nSPS) is 11.7. The zero-order valence-electron chi connectivity index (χ0n) is 12.5. The van der Waals surface area contributed by atoms with Crippen molar-refractivity contribution in [1.29, 1.82) is 0 Å². The molecule has 4 nitrogen and oxygen atoms in total. The Balaban J connectivity index is 1.88. The first kappa shape index (κ1) is 16.4. The molecule has 1 unspecified atom stereocenters. The summed E-state index contributed by atoms with van der Waals surface area (Å²) in [5, 5.41) is 15.0. The third-order valence-electron chi connectivity index (χ3n) is 3.23. The lowest BCUT2D eigenvalue weighted by Crippen LogP contribution is -2.41. The Morgan fingerprint density at radius 1 is 1.14 bits per heavy atom. The molecule has 0 aromatic heterocycles. The Labute approximate surface area is 134 Å². The van der Waals surface area contributed by atoms with E-state index in [0.717, 1.165) is 16.1 Å². The molecule has 0 saturated heterocycles. The Kier molecular flexibility index (Phi) is 6.30. The fourth-order valence-corrected chi connectivity index (χ4v) is 2.50. The lowest BCUT2D eigenvalue weighted by atomic mass is 10.1. The van der Waals surface area contributed by atoms with Crippen molar-refractivity contribution >= 4 is 23.5 Å². The summed E-state index contributed by atoms with van der Waals surface area (Å²) in [6.45, 7) is -0.103. The number of nitrogens with one attached hydrogen (secondary N) is 2. The van der Waals surface area contributed by atoms with Crippen molar-refractivity contribution in [3.05, 3.63) is 60.2 Å². The highest BCUT2D eigenvalue weighted by atomic mass is 32.2. The van der Waals surface area contributed by atoms with E-state index in [1.54, 1.807) is 11.8 Å². The molecule has 2 amide bonds. The van der Waals surface area contributed by atoms with E-state index >= 15 is 0 Å². The molecule has 0 fully saturated rings. The Bertz CT molecular complexity index is 587. The number of benzene rings is 2. The quantitative estimate of drug-likeness (QED) is 0.718. The highest BCUT2D eigenvalue weighted by Crippen LogP contribution is 2.17. The van der Waals surface area contributed by atoms with E-state index in [9.17, 15) is 9.90 Å². The molecule has 0 radical (unpaired) electrons. The summed E-state index contributed by atoms with van der Waals surface area (Å²) in [6.07, 6.45) is 2.60. The number of hydrogen-bond acceptors (Lipinski definition) is 3. The van der Waals surface area contributed by atoms with Crippen LogP contribution in [0.3, 0.4) is 0 Å². The van der Waals surface area contributed by atoms with Crippen LogP contribution >= 0.6 is 11.8 Å². The summed E-state index contributed by atoms with van der Waals surface area (Å²) >= 11 is 1.65. The molecule has 3 N–H and O–H groups in total. The largest absolute Gasteiger partial charge is 0.394 e. The molecule has 116 valence electrons. The van der Waals surface area contributed by atoms with Crippen LogP contribution in [-0.2, 0) is 6.42 Å². The minimum absolute atomic E-state index is 0.103. The van der Waals surface area contributed by atoms with Crippen LogP contribution in [0.15, 0.2) is 59.5 Å². The summed E-state index contributed by atoms with van der Waals surface area (Å²) in [4.78, 5) is 13.1. The topological polar surface area (TPSA) is 61.4 Å². The van der Waals surface area contributed by atoms with E-state index in [2.05, 4.69) is 10.6 Å². The monoisotopic (exact) mass is 316 g/mol. The van der Waals surface area contributed by atoms with Gasteiger partial charge in [0, 0.05) is 10.6 Å². The molecular formula is C17H20N2O2S. The molecule has 5 heteroatoms. The standard InChI is InChI=1S/C17H20N2O2S/c1-22-16-9-7-14(8-10-16)18-17(21)19-15(12-20)11-13-5-3-2-4-6-13/h2-10,15,20H,11-12H2,1H3,(H2,18,19,21). The van der Waals surface area contributed by atoms with Crippen LogP contribution in [0.25, 0.3) is 0 Å². The van der Waals surface area contributed by atoms with Gasteiger partial charge >= 0.3 is 6.03 Å². The SMILES string of the molecule is CSc1ccc(NC(=O)NC(CO)Cc2ccccc2)cc1. The molecule has 0 bridgehead atoms. The molecule has 0 heterocycles. The summed E-state index contributed by atoms with van der Waals surface area (Å²) in [5.41, 5.74) is 1.80. The first-order chi connectivity index (χ1) is 10.7. The van der Waals surface area contributed by atoms with Gasteiger partial charge in [-0.25, -0.2) is 4.79 Å². The van der Waals surface area contributed by atoms with Gasteiger partial charge in [0.25, 0.3) is 0 Å². The molecule has 0 aliphatic carbocycles. The van der Waals surface area contributed by atoms with Crippen LogP contribution in [0.4, 0.5) is 10.5 Å². The van der Waals surface area contributed by atoms with Gasteiger partial charge in [-0.05, 0) is 42.5 Å². The fourth-order valence-electron chi connectivity index (χ4n) is 2.09. The number of amides is 2. The molecule has 2 aromatic carbocycles. The maximum absolute atomic E-state index is 12.0.